The highest BCUT2D eigenvalue weighted by Gasteiger charge is 2.39. The van der Waals surface area contributed by atoms with Crippen LogP contribution in [0.2, 0.25) is 6.04 Å². The van der Waals surface area contributed by atoms with Crippen molar-refractivity contribution in [1.82, 2.24) is 0 Å². The summed E-state index contributed by atoms with van der Waals surface area (Å²) in [5, 5.41) is 0. The van der Waals surface area contributed by atoms with E-state index in [4.69, 9.17) is 17.8 Å². The molecule has 0 aromatic rings. The van der Waals surface area contributed by atoms with Gasteiger partial charge < -0.3 is 17.8 Å². The van der Waals surface area contributed by atoms with Crippen LogP contribution >= 0.6 is 7.58 Å². The van der Waals surface area contributed by atoms with Crippen LogP contribution in [0.25, 0.3) is 0 Å². The first kappa shape index (κ1) is 16.6. The molecule has 0 aromatic heterocycles. The summed E-state index contributed by atoms with van der Waals surface area (Å²) >= 11 is 4.68. The minimum absolute atomic E-state index is 0.549. The molecule has 0 heterocycles. The third-order valence-corrected chi connectivity index (χ3v) is 5.62. The molecule has 96 valence electrons. The van der Waals surface area contributed by atoms with Crippen LogP contribution in [0.4, 0.5) is 0 Å². The van der Waals surface area contributed by atoms with Crippen molar-refractivity contribution >= 4 is 28.2 Å². The Hall–Kier alpha value is 0.577. The fourth-order valence-corrected chi connectivity index (χ4v) is 4.40. The first-order valence-corrected chi connectivity index (χ1v) is 9.36. The molecule has 4 nitrogen and oxygen atoms in total. The molecule has 0 amide bonds. The average Bonchev–Trinajstić information content (AvgIpc) is 2.26. The summed E-state index contributed by atoms with van der Waals surface area (Å²) in [5.74, 6) is 0. The Bertz CT molecular complexity index is 168. The van der Waals surface area contributed by atoms with Crippen molar-refractivity contribution < 1.29 is 17.8 Å². The van der Waals surface area contributed by atoms with Gasteiger partial charge in [0.05, 0.1) is 6.61 Å². The minimum atomic E-state index is -2.46. The highest BCUT2D eigenvalue weighted by atomic mass is 32.4. The van der Waals surface area contributed by atoms with E-state index in [1.54, 1.807) is 0 Å². The van der Waals surface area contributed by atoms with Crippen LogP contribution in [0.15, 0.2) is 0 Å². The third-order valence-electron chi connectivity index (χ3n) is 1.86. The van der Waals surface area contributed by atoms with E-state index in [1.807, 2.05) is 20.8 Å². The molecule has 0 aliphatic heterocycles. The van der Waals surface area contributed by atoms with Gasteiger partial charge in [0.1, 0.15) is 7.58 Å². The highest BCUT2D eigenvalue weighted by Crippen LogP contribution is 2.18. The van der Waals surface area contributed by atoms with E-state index in [9.17, 15) is 0 Å². The molecule has 0 aliphatic carbocycles. The quantitative estimate of drug-likeness (QED) is 0.331. The standard InChI is InChI=1S/C9H21O4PSSi/c1-4-11-16(12-5-2,13-6-3)9-7-8-10-14-15/h4-9H2,1-3H3. The van der Waals surface area contributed by atoms with E-state index in [-0.39, 0.29) is 0 Å². The Labute approximate surface area is 106 Å². The van der Waals surface area contributed by atoms with E-state index in [0.29, 0.717) is 34.0 Å². The van der Waals surface area contributed by atoms with Gasteiger partial charge in [-0.25, -0.2) is 0 Å². The first-order valence-electron chi connectivity index (χ1n) is 5.61. The summed E-state index contributed by atoms with van der Waals surface area (Å²) in [6, 6.07) is 0.785. The Morgan fingerprint density at radius 1 is 1.00 bits per heavy atom. The van der Waals surface area contributed by atoms with E-state index in [2.05, 4.69) is 11.8 Å². The predicted octanol–water partition coefficient (Wildman–Crippen LogP) is 2.76. The summed E-state index contributed by atoms with van der Waals surface area (Å²) in [4.78, 5) is 0. The predicted molar refractivity (Wildman–Crippen MR) is 70.3 cm³/mol. The number of hydrogen-bond acceptors (Lipinski definition) is 5. The fourth-order valence-electron chi connectivity index (χ4n) is 1.39. The van der Waals surface area contributed by atoms with Crippen LogP contribution in [-0.4, -0.2) is 35.2 Å². The van der Waals surface area contributed by atoms with Gasteiger partial charge in [-0.1, -0.05) is 0 Å². The molecule has 0 saturated carbocycles. The molecule has 0 rings (SSSR count). The monoisotopic (exact) mass is 284 g/mol. The third kappa shape index (κ3) is 7.01. The van der Waals surface area contributed by atoms with Crippen molar-refractivity contribution in [3.05, 3.63) is 0 Å². The lowest BCUT2D eigenvalue weighted by Gasteiger charge is -2.28. The van der Waals surface area contributed by atoms with Crippen LogP contribution in [-0.2, 0) is 29.6 Å². The maximum Gasteiger partial charge on any atom is 0.501 e. The van der Waals surface area contributed by atoms with Crippen molar-refractivity contribution in [1.29, 1.82) is 0 Å². The van der Waals surface area contributed by atoms with Gasteiger partial charge in [0, 0.05) is 25.9 Å². The van der Waals surface area contributed by atoms with Gasteiger partial charge in [-0.05, 0) is 39.0 Å². The summed E-state index contributed by atoms with van der Waals surface area (Å²) in [7, 11) is -1.91. The number of hydrogen-bond donors (Lipinski definition) is 0. The van der Waals surface area contributed by atoms with Crippen molar-refractivity contribution in [2.45, 2.75) is 33.2 Å². The molecule has 0 atom stereocenters. The summed E-state index contributed by atoms with van der Waals surface area (Å²) in [5.41, 5.74) is 0. The van der Waals surface area contributed by atoms with Gasteiger partial charge in [0.25, 0.3) is 0 Å². The zero-order chi connectivity index (χ0) is 12.3. The molecule has 0 saturated heterocycles. The molecular weight excluding hydrogens is 263 g/mol. The van der Waals surface area contributed by atoms with E-state index >= 15 is 0 Å². The molecule has 0 N–H and O–H groups in total. The van der Waals surface area contributed by atoms with Crippen LogP contribution in [0.3, 0.4) is 0 Å². The molecule has 7 heteroatoms. The van der Waals surface area contributed by atoms with E-state index in [0.717, 1.165) is 12.5 Å². The normalized spacial score (nSPS) is 12.2. The summed E-state index contributed by atoms with van der Waals surface area (Å²) in [6.07, 6.45) is 0.857. The number of rotatable bonds is 11. The van der Waals surface area contributed by atoms with Crippen molar-refractivity contribution in [2.24, 2.45) is 0 Å². The Kier molecular flexibility index (Phi) is 11.1. The topological polar surface area (TPSA) is 36.9 Å². The van der Waals surface area contributed by atoms with Gasteiger partial charge in [0.2, 0.25) is 0 Å². The molecule has 16 heavy (non-hydrogen) atoms. The smallest absolute Gasteiger partial charge is 0.374 e. The summed E-state index contributed by atoms with van der Waals surface area (Å²) in [6.45, 7) is 8.35. The molecule has 0 fully saturated rings. The second-order valence-corrected chi connectivity index (χ2v) is 6.58. The van der Waals surface area contributed by atoms with Crippen LogP contribution < -0.4 is 0 Å². The minimum Gasteiger partial charge on any atom is -0.374 e. The molecule has 0 aliphatic rings. The molecule has 0 radical (unpaired) electrons. The molecular formula is C9H21O4PSSi. The van der Waals surface area contributed by atoms with Crippen molar-refractivity contribution in [2.75, 3.05) is 26.4 Å². The maximum absolute atomic E-state index is 5.70. The molecule has 0 spiro atoms. The lowest BCUT2D eigenvalue weighted by molar-refractivity contribution is 0.0699. The first-order chi connectivity index (χ1) is 7.74. The fraction of sp³-hybridized carbons (Fsp3) is 1.00. The second-order valence-electron chi connectivity index (χ2n) is 2.99. The Balaban J connectivity index is 4.17. The SMILES string of the molecule is CCO[Si](CCCOP=S)(OCC)OCC. The van der Waals surface area contributed by atoms with Gasteiger partial charge in [0.15, 0.2) is 0 Å². The van der Waals surface area contributed by atoms with Gasteiger partial charge in [-0.2, -0.15) is 0 Å². The lowest BCUT2D eigenvalue weighted by atomic mass is 10.5. The van der Waals surface area contributed by atoms with Crippen molar-refractivity contribution in [3.63, 3.8) is 0 Å². The van der Waals surface area contributed by atoms with E-state index < -0.39 is 8.80 Å². The zero-order valence-electron chi connectivity index (χ0n) is 10.2. The molecule has 0 unspecified atom stereocenters. The zero-order valence-corrected chi connectivity index (χ0v) is 12.9. The molecule has 0 aromatic carbocycles. The Morgan fingerprint density at radius 2 is 1.50 bits per heavy atom. The van der Waals surface area contributed by atoms with Gasteiger partial charge in [-0.15, -0.1) is 0 Å². The van der Waals surface area contributed by atoms with Crippen LogP contribution in [0, 0.1) is 0 Å². The highest BCUT2D eigenvalue weighted by molar-refractivity contribution is 7.94. The maximum atomic E-state index is 5.70. The summed E-state index contributed by atoms with van der Waals surface area (Å²) < 4.78 is 22.2. The lowest BCUT2D eigenvalue weighted by Crippen LogP contribution is -2.46. The Morgan fingerprint density at radius 3 is 1.88 bits per heavy atom. The van der Waals surface area contributed by atoms with E-state index in [1.165, 1.54) is 0 Å². The van der Waals surface area contributed by atoms with Crippen LogP contribution in [0.5, 0.6) is 0 Å². The van der Waals surface area contributed by atoms with Crippen molar-refractivity contribution in [3.8, 4) is 0 Å². The largest absolute Gasteiger partial charge is 0.501 e. The van der Waals surface area contributed by atoms with Crippen LogP contribution in [0.1, 0.15) is 27.2 Å². The van der Waals surface area contributed by atoms with Gasteiger partial charge in [-0.3, -0.25) is 0 Å². The van der Waals surface area contributed by atoms with Gasteiger partial charge >= 0.3 is 8.80 Å². The second kappa shape index (κ2) is 10.7. The molecule has 0 bridgehead atoms. The average molecular weight is 284 g/mol.